The molecule has 6 nitrogen and oxygen atoms in total. The molecular weight excluding hydrogens is 502 g/mol. The normalized spacial score (nSPS) is 11.4. The lowest BCUT2D eigenvalue weighted by Gasteiger charge is -2.15. The molecule has 0 amide bonds. The molecule has 0 unspecified atom stereocenters. The van der Waals surface area contributed by atoms with Gasteiger partial charge in [0.05, 0.1) is 33.4 Å². The summed E-state index contributed by atoms with van der Waals surface area (Å²) >= 11 is 0. The molecular formula is C19H23F3IN3O3. The van der Waals surface area contributed by atoms with Gasteiger partial charge in [0, 0.05) is 6.54 Å². The molecule has 0 saturated heterocycles. The molecule has 0 aliphatic heterocycles. The van der Waals surface area contributed by atoms with Crippen LogP contribution in [0.4, 0.5) is 13.2 Å². The summed E-state index contributed by atoms with van der Waals surface area (Å²) in [5, 5.41) is 2.70. The molecule has 0 spiro atoms. The van der Waals surface area contributed by atoms with Crippen LogP contribution in [0.1, 0.15) is 16.7 Å². The number of hydrogen-bond acceptors (Lipinski definition) is 4. The molecule has 0 saturated carbocycles. The zero-order valence-electron chi connectivity index (χ0n) is 16.2. The summed E-state index contributed by atoms with van der Waals surface area (Å²) in [5.74, 6) is 1.29. The number of alkyl halides is 3. The molecule has 0 aliphatic carbocycles. The number of nitrogens with two attached hydrogens (primary N) is 1. The number of hydrogen-bond donors (Lipinski definition) is 2. The second-order valence-electron chi connectivity index (χ2n) is 5.77. The van der Waals surface area contributed by atoms with Crippen molar-refractivity contribution in [1.29, 1.82) is 0 Å². The minimum absolute atomic E-state index is 0. The van der Waals surface area contributed by atoms with Gasteiger partial charge in [0.1, 0.15) is 5.75 Å². The molecule has 160 valence electrons. The van der Waals surface area contributed by atoms with E-state index in [-0.39, 0.29) is 54.3 Å². The maximum absolute atomic E-state index is 13.2. The highest BCUT2D eigenvalue weighted by Crippen LogP contribution is 2.34. The highest BCUT2D eigenvalue weighted by atomic mass is 127. The van der Waals surface area contributed by atoms with Crippen molar-refractivity contribution in [2.24, 2.45) is 10.7 Å². The van der Waals surface area contributed by atoms with Crippen molar-refractivity contribution >= 4 is 29.9 Å². The second kappa shape index (κ2) is 11.0. The topological polar surface area (TPSA) is 78.1 Å². The largest absolute Gasteiger partial charge is 0.497 e. The van der Waals surface area contributed by atoms with E-state index in [1.54, 1.807) is 18.2 Å². The third kappa shape index (κ3) is 6.87. The Morgan fingerprint density at radius 3 is 2.28 bits per heavy atom. The molecule has 2 aromatic carbocycles. The third-order valence-corrected chi connectivity index (χ3v) is 3.96. The minimum atomic E-state index is -4.50. The SMILES string of the molecule is COc1ccc(CNC(N)=NCc2ccc(OC)c(OC)c2)c(C(F)(F)F)c1.I. The predicted octanol–water partition coefficient (Wildman–Crippen LogP) is 3.95. The zero-order chi connectivity index (χ0) is 20.7. The van der Waals surface area contributed by atoms with Crippen LogP contribution in [0, 0.1) is 0 Å². The van der Waals surface area contributed by atoms with Crippen molar-refractivity contribution in [3.05, 3.63) is 53.1 Å². The van der Waals surface area contributed by atoms with E-state index < -0.39 is 11.7 Å². The fourth-order valence-corrected chi connectivity index (χ4v) is 2.50. The average molecular weight is 525 g/mol. The first-order valence-corrected chi connectivity index (χ1v) is 8.27. The number of nitrogens with zero attached hydrogens (tertiary/aromatic N) is 1. The molecule has 0 atom stereocenters. The number of ether oxygens (including phenoxy) is 3. The van der Waals surface area contributed by atoms with Gasteiger partial charge in [-0.2, -0.15) is 13.2 Å². The van der Waals surface area contributed by atoms with Crippen molar-refractivity contribution in [2.75, 3.05) is 21.3 Å². The fraction of sp³-hybridized carbons (Fsp3) is 0.316. The molecule has 0 radical (unpaired) electrons. The standard InChI is InChI=1S/C19H22F3N3O3.HI/c1-26-14-6-5-13(15(9-14)19(20,21)22)11-25-18(23)24-10-12-4-7-16(27-2)17(8-12)28-3;/h4-9H,10-11H2,1-3H3,(H3,23,24,25);1H. The minimum Gasteiger partial charge on any atom is -0.497 e. The van der Waals surface area contributed by atoms with Crippen LogP contribution >= 0.6 is 24.0 Å². The summed E-state index contributed by atoms with van der Waals surface area (Å²) in [4.78, 5) is 4.15. The number of halogens is 4. The highest BCUT2D eigenvalue weighted by molar-refractivity contribution is 14.0. The summed E-state index contributed by atoms with van der Waals surface area (Å²) in [7, 11) is 4.37. The van der Waals surface area contributed by atoms with Crippen LogP contribution in [-0.4, -0.2) is 27.3 Å². The smallest absolute Gasteiger partial charge is 0.416 e. The Morgan fingerprint density at radius 2 is 1.69 bits per heavy atom. The van der Waals surface area contributed by atoms with Gasteiger partial charge in [-0.1, -0.05) is 12.1 Å². The van der Waals surface area contributed by atoms with Gasteiger partial charge in [0.15, 0.2) is 17.5 Å². The molecule has 0 aromatic heterocycles. The van der Waals surface area contributed by atoms with Gasteiger partial charge in [0.2, 0.25) is 0 Å². The molecule has 2 rings (SSSR count). The van der Waals surface area contributed by atoms with Gasteiger partial charge in [-0.15, -0.1) is 24.0 Å². The van der Waals surface area contributed by atoms with E-state index >= 15 is 0 Å². The van der Waals surface area contributed by atoms with Crippen LogP contribution in [0.25, 0.3) is 0 Å². The molecule has 0 aliphatic rings. The van der Waals surface area contributed by atoms with Gasteiger partial charge >= 0.3 is 6.18 Å². The van der Waals surface area contributed by atoms with E-state index in [4.69, 9.17) is 19.9 Å². The lowest BCUT2D eigenvalue weighted by atomic mass is 10.1. The summed E-state index contributed by atoms with van der Waals surface area (Å²) in [6.45, 7) is 0.105. The van der Waals surface area contributed by atoms with Crippen LogP contribution in [0.15, 0.2) is 41.4 Å². The second-order valence-corrected chi connectivity index (χ2v) is 5.77. The first kappa shape index (κ1) is 24.7. The Morgan fingerprint density at radius 1 is 1.00 bits per heavy atom. The maximum atomic E-state index is 13.2. The van der Waals surface area contributed by atoms with Crippen LogP contribution in [0.2, 0.25) is 0 Å². The number of rotatable bonds is 7. The first-order valence-electron chi connectivity index (χ1n) is 8.27. The lowest BCUT2D eigenvalue weighted by Crippen LogP contribution is -2.31. The van der Waals surface area contributed by atoms with Gasteiger partial charge in [-0.05, 0) is 35.4 Å². The van der Waals surface area contributed by atoms with Crippen molar-refractivity contribution in [3.8, 4) is 17.2 Å². The summed E-state index contributed by atoms with van der Waals surface area (Å²) in [6, 6.07) is 9.04. The van der Waals surface area contributed by atoms with E-state index in [0.29, 0.717) is 11.5 Å². The maximum Gasteiger partial charge on any atom is 0.416 e. The lowest BCUT2D eigenvalue weighted by molar-refractivity contribution is -0.138. The van der Waals surface area contributed by atoms with E-state index in [1.807, 2.05) is 0 Å². The van der Waals surface area contributed by atoms with Gasteiger partial charge in [0.25, 0.3) is 0 Å². The summed E-state index contributed by atoms with van der Waals surface area (Å²) < 4.78 is 54.9. The Labute approximate surface area is 184 Å². The quantitative estimate of drug-likeness (QED) is 0.325. The number of benzene rings is 2. The zero-order valence-corrected chi connectivity index (χ0v) is 18.5. The molecule has 0 fully saturated rings. The van der Waals surface area contributed by atoms with Gasteiger partial charge in [-0.25, -0.2) is 4.99 Å². The number of guanidine groups is 1. The number of nitrogens with one attached hydrogen (secondary N) is 1. The summed E-state index contributed by atoms with van der Waals surface area (Å²) in [6.07, 6.45) is -4.50. The molecule has 29 heavy (non-hydrogen) atoms. The molecule has 0 bridgehead atoms. The average Bonchev–Trinajstić information content (AvgIpc) is 2.69. The van der Waals surface area contributed by atoms with E-state index in [0.717, 1.165) is 11.6 Å². The van der Waals surface area contributed by atoms with Crippen molar-refractivity contribution in [1.82, 2.24) is 5.32 Å². The van der Waals surface area contributed by atoms with Crippen LogP contribution in [-0.2, 0) is 19.3 Å². The number of aliphatic imine (C=N–C) groups is 1. The highest BCUT2D eigenvalue weighted by Gasteiger charge is 2.33. The van der Waals surface area contributed by atoms with Crippen LogP contribution < -0.4 is 25.3 Å². The first-order chi connectivity index (χ1) is 13.3. The van der Waals surface area contributed by atoms with Crippen LogP contribution in [0.3, 0.4) is 0 Å². The van der Waals surface area contributed by atoms with Gasteiger partial charge in [-0.3, -0.25) is 0 Å². The van der Waals surface area contributed by atoms with Crippen molar-refractivity contribution in [3.63, 3.8) is 0 Å². The van der Waals surface area contributed by atoms with Crippen molar-refractivity contribution < 1.29 is 27.4 Å². The van der Waals surface area contributed by atoms with Crippen molar-refractivity contribution in [2.45, 2.75) is 19.3 Å². The van der Waals surface area contributed by atoms with E-state index in [1.165, 1.54) is 33.5 Å². The molecule has 2 aromatic rings. The molecule has 10 heteroatoms. The fourth-order valence-electron chi connectivity index (χ4n) is 2.50. The Bertz CT molecular complexity index is 845. The molecule has 3 N–H and O–H groups in total. The van der Waals surface area contributed by atoms with Gasteiger partial charge < -0.3 is 25.3 Å². The van der Waals surface area contributed by atoms with E-state index in [9.17, 15) is 13.2 Å². The Kier molecular flexibility index (Phi) is 9.34. The summed E-state index contributed by atoms with van der Waals surface area (Å²) in [5.41, 5.74) is 5.85. The Hall–Kier alpha value is -2.37. The monoisotopic (exact) mass is 525 g/mol. The molecule has 0 heterocycles. The van der Waals surface area contributed by atoms with Crippen LogP contribution in [0.5, 0.6) is 17.2 Å². The Balaban J connectivity index is 0.00000420. The van der Waals surface area contributed by atoms with E-state index in [2.05, 4.69) is 10.3 Å². The third-order valence-electron chi connectivity index (χ3n) is 3.96. The number of methoxy groups -OCH3 is 3. The predicted molar refractivity (Wildman–Crippen MR) is 115 cm³/mol.